The van der Waals surface area contributed by atoms with Crippen molar-refractivity contribution in [2.75, 3.05) is 19.8 Å². The third-order valence-corrected chi connectivity index (χ3v) is 9.83. The Hall–Kier alpha value is -1.80. The van der Waals surface area contributed by atoms with Gasteiger partial charge in [0.1, 0.15) is 6.04 Å². The van der Waals surface area contributed by atoms with Crippen LogP contribution in [0.2, 0.25) is 0 Å². The molecule has 0 radical (unpaired) electrons. The van der Waals surface area contributed by atoms with E-state index < -0.39 is 28.7 Å². The summed E-state index contributed by atoms with van der Waals surface area (Å²) < 4.78 is 4.97. The van der Waals surface area contributed by atoms with E-state index in [1.165, 1.54) is 0 Å². The highest BCUT2D eigenvalue weighted by molar-refractivity contribution is 8.02. The van der Waals surface area contributed by atoms with E-state index in [1.54, 1.807) is 29.7 Å². The van der Waals surface area contributed by atoms with Gasteiger partial charge in [-0.2, -0.15) is 0 Å². The molecule has 0 aromatic heterocycles. The number of aliphatic hydroxyl groups is 1. The SMILES string of the molecule is C=CCCCCOC(=O)[C@@H]1[C@H]2C(=O)N([C@H](C)CO)C(C(=O)N(CC=C)C(C)CCC)C23CC[C@H]1S3. The molecule has 3 heterocycles. The first-order valence-electron chi connectivity index (χ1n) is 13.1. The number of thioether (sulfide) groups is 1. The maximum atomic E-state index is 14.2. The number of hydrogen-bond donors (Lipinski definition) is 1. The van der Waals surface area contributed by atoms with Crippen LogP contribution in [0.5, 0.6) is 0 Å². The van der Waals surface area contributed by atoms with E-state index in [2.05, 4.69) is 20.1 Å². The molecule has 1 spiro atoms. The molecule has 3 saturated heterocycles. The highest BCUT2D eigenvalue weighted by atomic mass is 32.2. The predicted molar refractivity (Wildman–Crippen MR) is 139 cm³/mol. The molecule has 7 nitrogen and oxygen atoms in total. The van der Waals surface area contributed by atoms with E-state index in [9.17, 15) is 19.5 Å². The summed E-state index contributed by atoms with van der Waals surface area (Å²) in [5.41, 5.74) is 0. The minimum absolute atomic E-state index is 0.00210. The number of nitrogens with zero attached hydrogens (tertiary/aromatic N) is 2. The summed E-state index contributed by atoms with van der Waals surface area (Å²) in [5, 5.41) is 9.98. The van der Waals surface area contributed by atoms with Crippen LogP contribution in [0.4, 0.5) is 0 Å². The number of hydrogen-bond acceptors (Lipinski definition) is 6. The van der Waals surface area contributed by atoms with Crippen LogP contribution in [-0.4, -0.2) is 80.6 Å². The molecule has 3 rings (SSSR count). The molecule has 1 N–H and O–H groups in total. The normalized spacial score (nSPS) is 30.6. The van der Waals surface area contributed by atoms with Gasteiger partial charge in [-0.15, -0.1) is 24.9 Å². The molecule has 3 aliphatic heterocycles. The summed E-state index contributed by atoms with van der Waals surface area (Å²) in [5.74, 6) is -1.77. The molecule has 35 heavy (non-hydrogen) atoms. The Morgan fingerprint density at radius 3 is 2.69 bits per heavy atom. The Labute approximate surface area is 214 Å². The van der Waals surface area contributed by atoms with Gasteiger partial charge in [0.2, 0.25) is 11.8 Å². The van der Waals surface area contributed by atoms with Crippen molar-refractivity contribution in [1.82, 2.24) is 9.80 Å². The van der Waals surface area contributed by atoms with Crippen LogP contribution in [0.1, 0.15) is 65.7 Å². The first-order valence-corrected chi connectivity index (χ1v) is 14.0. The van der Waals surface area contributed by atoms with Crippen LogP contribution in [0.15, 0.2) is 25.3 Å². The van der Waals surface area contributed by atoms with Crippen molar-refractivity contribution in [1.29, 1.82) is 0 Å². The maximum absolute atomic E-state index is 14.2. The monoisotopic (exact) mass is 506 g/mol. The van der Waals surface area contributed by atoms with Gasteiger partial charge in [0.05, 0.1) is 35.8 Å². The van der Waals surface area contributed by atoms with Crippen molar-refractivity contribution in [3.63, 3.8) is 0 Å². The summed E-state index contributed by atoms with van der Waals surface area (Å²) in [6.45, 7) is 13.9. The first-order chi connectivity index (χ1) is 16.8. The molecule has 0 saturated carbocycles. The summed E-state index contributed by atoms with van der Waals surface area (Å²) in [4.78, 5) is 44.7. The Kier molecular flexibility index (Phi) is 9.49. The van der Waals surface area contributed by atoms with Crippen LogP contribution < -0.4 is 0 Å². The summed E-state index contributed by atoms with van der Waals surface area (Å²) >= 11 is 1.63. The lowest BCUT2D eigenvalue weighted by Crippen LogP contribution is -2.58. The van der Waals surface area contributed by atoms with Gasteiger partial charge in [0.15, 0.2) is 0 Å². The quantitative estimate of drug-likeness (QED) is 0.220. The number of esters is 1. The Balaban J connectivity index is 1.92. The number of unbranched alkanes of at least 4 members (excludes halogenated alkanes) is 2. The summed E-state index contributed by atoms with van der Waals surface area (Å²) in [6.07, 6.45) is 9.38. The first kappa shape index (κ1) is 27.8. The fourth-order valence-electron chi connectivity index (χ4n) is 6.22. The minimum Gasteiger partial charge on any atom is -0.465 e. The number of ether oxygens (including phenoxy) is 1. The van der Waals surface area contributed by atoms with Gasteiger partial charge >= 0.3 is 5.97 Å². The molecule has 3 unspecified atom stereocenters. The van der Waals surface area contributed by atoms with Gasteiger partial charge in [0, 0.05) is 17.8 Å². The Morgan fingerprint density at radius 2 is 2.06 bits per heavy atom. The molecule has 3 fully saturated rings. The van der Waals surface area contributed by atoms with Crippen molar-refractivity contribution >= 4 is 29.5 Å². The van der Waals surface area contributed by atoms with E-state index in [1.807, 2.05) is 17.9 Å². The zero-order chi connectivity index (χ0) is 25.8. The van der Waals surface area contributed by atoms with Gasteiger partial charge < -0.3 is 19.6 Å². The lowest BCUT2D eigenvalue weighted by molar-refractivity contribution is -0.154. The van der Waals surface area contributed by atoms with Crippen molar-refractivity contribution < 1.29 is 24.2 Å². The van der Waals surface area contributed by atoms with Crippen LogP contribution >= 0.6 is 11.8 Å². The molecule has 0 aromatic rings. The zero-order valence-corrected chi connectivity index (χ0v) is 22.3. The maximum Gasteiger partial charge on any atom is 0.310 e. The molecule has 8 heteroatoms. The highest BCUT2D eigenvalue weighted by Crippen LogP contribution is 2.67. The molecule has 2 amide bonds. The average Bonchev–Trinajstić information content (AvgIpc) is 3.48. The molecule has 2 bridgehead atoms. The summed E-state index contributed by atoms with van der Waals surface area (Å²) in [7, 11) is 0. The van der Waals surface area contributed by atoms with Crippen molar-refractivity contribution in [2.24, 2.45) is 11.8 Å². The van der Waals surface area contributed by atoms with Crippen molar-refractivity contribution in [2.45, 2.75) is 93.8 Å². The third kappa shape index (κ3) is 5.06. The summed E-state index contributed by atoms with van der Waals surface area (Å²) in [6, 6.07) is -1.22. The third-order valence-electron chi connectivity index (χ3n) is 7.88. The van der Waals surface area contributed by atoms with E-state index >= 15 is 0 Å². The number of rotatable bonds is 14. The van der Waals surface area contributed by atoms with Crippen molar-refractivity contribution in [3.8, 4) is 0 Å². The standard InChI is InChI=1S/C27H42N2O5S/c1-6-9-10-11-16-34-26(33)21-20-13-14-27(35-20)22(21)24(31)29(19(5)17-30)23(27)25(32)28(15-8-3)18(4)12-7-2/h6,8,18-23,30H,1,3,7,9-17H2,2,4-5H3/t18?,19-,20-,21+,22+,23?,27?/m1/s1. The second kappa shape index (κ2) is 12.0. The molecule has 196 valence electrons. The van der Waals surface area contributed by atoms with Gasteiger partial charge in [0.25, 0.3) is 0 Å². The van der Waals surface area contributed by atoms with E-state index in [-0.39, 0.29) is 35.7 Å². The average molecular weight is 507 g/mol. The van der Waals surface area contributed by atoms with E-state index in [4.69, 9.17) is 4.74 Å². The molecule has 3 aliphatic rings. The van der Waals surface area contributed by atoms with Crippen LogP contribution in [0, 0.1) is 11.8 Å². The fourth-order valence-corrected chi connectivity index (χ4v) is 8.40. The van der Waals surface area contributed by atoms with Gasteiger partial charge in [-0.1, -0.05) is 25.5 Å². The number of amides is 2. The van der Waals surface area contributed by atoms with E-state index in [0.717, 1.165) is 38.5 Å². The number of fused-ring (bicyclic) bond motifs is 1. The van der Waals surface area contributed by atoms with Crippen molar-refractivity contribution in [3.05, 3.63) is 25.3 Å². The smallest absolute Gasteiger partial charge is 0.310 e. The van der Waals surface area contributed by atoms with Crippen LogP contribution in [-0.2, 0) is 19.1 Å². The second-order valence-electron chi connectivity index (χ2n) is 10.2. The Bertz CT molecular complexity index is 819. The molecule has 0 aliphatic carbocycles. The van der Waals surface area contributed by atoms with E-state index in [0.29, 0.717) is 19.6 Å². The van der Waals surface area contributed by atoms with Crippen LogP contribution in [0.25, 0.3) is 0 Å². The number of allylic oxidation sites excluding steroid dienone is 1. The van der Waals surface area contributed by atoms with Gasteiger partial charge in [-0.05, 0) is 52.4 Å². The Morgan fingerprint density at radius 1 is 1.31 bits per heavy atom. The van der Waals surface area contributed by atoms with Gasteiger partial charge in [-0.25, -0.2) is 0 Å². The minimum atomic E-state index is -0.707. The second-order valence-corrected chi connectivity index (χ2v) is 11.8. The topological polar surface area (TPSA) is 87.1 Å². The lowest BCUT2D eigenvalue weighted by Gasteiger charge is -2.40. The number of carbonyl (C=O) groups is 3. The zero-order valence-electron chi connectivity index (χ0n) is 21.5. The number of carbonyl (C=O) groups excluding carboxylic acids is 3. The van der Waals surface area contributed by atoms with Crippen LogP contribution in [0.3, 0.4) is 0 Å². The highest BCUT2D eigenvalue weighted by Gasteiger charge is 2.74. The lowest BCUT2D eigenvalue weighted by atomic mass is 9.71. The molecular weight excluding hydrogens is 464 g/mol. The number of aliphatic hydroxyl groups excluding tert-OH is 1. The molecule has 0 aromatic carbocycles. The van der Waals surface area contributed by atoms with Gasteiger partial charge in [-0.3, -0.25) is 14.4 Å². The largest absolute Gasteiger partial charge is 0.465 e. The fraction of sp³-hybridized carbons (Fsp3) is 0.741. The molecule has 7 atom stereocenters. The molecular formula is C27H42N2O5S. The predicted octanol–water partition coefficient (Wildman–Crippen LogP) is 3.56. The number of likely N-dealkylation sites (tertiary alicyclic amines) is 1.